The lowest BCUT2D eigenvalue weighted by atomic mass is 9.89. The summed E-state index contributed by atoms with van der Waals surface area (Å²) in [5.74, 6) is -0.633. The first kappa shape index (κ1) is 23.0. The van der Waals surface area contributed by atoms with Crippen molar-refractivity contribution in [1.29, 1.82) is 0 Å². The summed E-state index contributed by atoms with van der Waals surface area (Å²) in [5.41, 5.74) is 0.330. The van der Waals surface area contributed by atoms with Crippen molar-refractivity contribution in [2.45, 2.75) is 50.7 Å². The highest BCUT2D eigenvalue weighted by Crippen LogP contribution is 2.37. The number of benzene rings is 1. The van der Waals surface area contributed by atoms with E-state index in [2.05, 4.69) is 10.2 Å². The minimum absolute atomic E-state index is 0.0909. The van der Waals surface area contributed by atoms with Gasteiger partial charge in [-0.2, -0.15) is 13.2 Å². The van der Waals surface area contributed by atoms with E-state index in [1.54, 1.807) is 12.1 Å². The first-order valence-corrected chi connectivity index (χ1v) is 11.5. The molecule has 2 fully saturated rings. The zero-order valence-electron chi connectivity index (χ0n) is 18.2. The molecule has 0 aromatic heterocycles. The number of fused-ring (bicyclic) bond motifs is 1. The molecule has 1 aromatic rings. The molecule has 1 unspecified atom stereocenters. The monoisotopic (exact) mass is 452 g/mol. The molecule has 2 aliphatic heterocycles. The van der Waals surface area contributed by atoms with Crippen molar-refractivity contribution in [3.8, 4) is 0 Å². The Morgan fingerprint density at radius 3 is 2.34 bits per heavy atom. The van der Waals surface area contributed by atoms with Crippen molar-refractivity contribution in [3.63, 3.8) is 0 Å². The number of alkyl halides is 3. The van der Waals surface area contributed by atoms with Gasteiger partial charge in [-0.25, -0.2) is 0 Å². The van der Waals surface area contributed by atoms with Gasteiger partial charge in [-0.1, -0.05) is 31.4 Å². The van der Waals surface area contributed by atoms with Crippen molar-refractivity contribution in [3.05, 3.63) is 24.3 Å². The van der Waals surface area contributed by atoms with E-state index >= 15 is 0 Å². The van der Waals surface area contributed by atoms with Crippen molar-refractivity contribution < 1.29 is 22.8 Å². The van der Waals surface area contributed by atoms with E-state index in [4.69, 9.17) is 0 Å². The zero-order valence-corrected chi connectivity index (χ0v) is 18.2. The lowest BCUT2D eigenvalue weighted by Crippen LogP contribution is -2.55. The van der Waals surface area contributed by atoms with Crippen LogP contribution in [0.4, 0.5) is 24.5 Å². The number of piperazine rings is 1. The highest BCUT2D eigenvalue weighted by atomic mass is 19.4. The topological polar surface area (TPSA) is 55.9 Å². The van der Waals surface area contributed by atoms with Crippen LogP contribution in [0.15, 0.2) is 24.3 Å². The fourth-order valence-electron chi connectivity index (χ4n) is 5.13. The van der Waals surface area contributed by atoms with Gasteiger partial charge in [-0.15, -0.1) is 0 Å². The summed E-state index contributed by atoms with van der Waals surface area (Å²) in [7, 11) is 0. The molecule has 9 heteroatoms. The first-order valence-electron chi connectivity index (χ1n) is 11.5. The number of halogens is 3. The smallest absolute Gasteiger partial charge is 0.324 e. The molecule has 3 aliphatic rings. The third kappa shape index (κ3) is 5.43. The molecule has 1 N–H and O–H groups in total. The van der Waals surface area contributed by atoms with Crippen molar-refractivity contribution in [2.75, 3.05) is 49.5 Å². The van der Waals surface area contributed by atoms with Crippen LogP contribution in [0.1, 0.15) is 38.5 Å². The van der Waals surface area contributed by atoms with E-state index < -0.39 is 30.5 Å². The third-order valence-corrected chi connectivity index (χ3v) is 6.84. The molecule has 2 amide bonds. The first-order chi connectivity index (χ1) is 15.3. The predicted octanol–water partition coefficient (Wildman–Crippen LogP) is 3.49. The molecule has 1 saturated heterocycles. The maximum atomic E-state index is 13.9. The van der Waals surface area contributed by atoms with Crippen LogP contribution in [0.2, 0.25) is 0 Å². The van der Waals surface area contributed by atoms with E-state index in [9.17, 15) is 22.8 Å². The lowest BCUT2D eigenvalue weighted by Gasteiger charge is -2.38. The second-order valence-electron chi connectivity index (χ2n) is 9.17. The summed E-state index contributed by atoms with van der Waals surface area (Å²) in [5, 5.41) is 2.50. The van der Waals surface area contributed by atoms with Gasteiger partial charge in [0.05, 0.1) is 24.3 Å². The third-order valence-electron chi connectivity index (χ3n) is 6.84. The van der Waals surface area contributed by atoms with Crippen molar-refractivity contribution in [1.82, 2.24) is 9.80 Å². The molecular formula is C23H31F3N4O2. The van der Waals surface area contributed by atoms with Gasteiger partial charge in [0.25, 0.3) is 0 Å². The zero-order chi connectivity index (χ0) is 22.7. The molecule has 1 aliphatic carbocycles. The summed E-state index contributed by atoms with van der Waals surface area (Å²) in [6.07, 6.45) is 0.966. The van der Waals surface area contributed by atoms with E-state index in [1.807, 2.05) is 4.90 Å². The number of amides is 2. The number of nitrogens with zero attached hydrogens (tertiary/aromatic N) is 3. The lowest BCUT2D eigenvalue weighted by molar-refractivity contribution is -0.158. The molecule has 0 radical (unpaired) electrons. The molecule has 32 heavy (non-hydrogen) atoms. The van der Waals surface area contributed by atoms with Crippen LogP contribution in [-0.4, -0.2) is 73.1 Å². The fraction of sp³-hybridized carbons (Fsp3) is 0.652. The highest BCUT2D eigenvalue weighted by Gasteiger charge is 2.49. The van der Waals surface area contributed by atoms with Gasteiger partial charge in [0.15, 0.2) is 0 Å². The number of hydrogen-bond acceptors (Lipinski definition) is 4. The van der Waals surface area contributed by atoms with Gasteiger partial charge in [-0.3, -0.25) is 19.4 Å². The second-order valence-corrected chi connectivity index (χ2v) is 9.17. The molecule has 1 saturated carbocycles. The summed E-state index contributed by atoms with van der Waals surface area (Å²) in [6.45, 7) is 3.94. The Morgan fingerprint density at radius 1 is 1.00 bits per heavy atom. The van der Waals surface area contributed by atoms with Crippen LogP contribution in [-0.2, 0) is 9.59 Å². The van der Waals surface area contributed by atoms with Crippen LogP contribution in [0, 0.1) is 5.92 Å². The number of anilines is 2. The number of rotatable bonds is 4. The molecule has 1 atom stereocenters. The van der Waals surface area contributed by atoms with Gasteiger partial charge in [-0.05, 0) is 30.9 Å². The van der Waals surface area contributed by atoms with Crippen LogP contribution in [0.5, 0.6) is 0 Å². The molecular weight excluding hydrogens is 421 g/mol. The molecule has 2 heterocycles. The molecule has 6 nitrogen and oxygen atoms in total. The summed E-state index contributed by atoms with van der Waals surface area (Å²) >= 11 is 0. The van der Waals surface area contributed by atoms with Gasteiger partial charge in [0, 0.05) is 32.7 Å². The Kier molecular flexibility index (Phi) is 7.05. The average molecular weight is 453 g/mol. The van der Waals surface area contributed by atoms with Gasteiger partial charge >= 0.3 is 6.18 Å². The normalized spacial score (nSPS) is 24.0. The molecule has 176 valence electrons. The largest absolute Gasteiger partial charge is 0.409 e. The number of carbonyl (C=O) groups is 2. The molecule has 0 bridgehead atoms. The van der Waals surface area contributed by atoms with Gasteiger partial charge in [0.2, 0.25) is 11.8 Å². The SMILES string of the molecule is O=C1CC(C(F)(F)F)N(C(=O)CN2CCN(CC3CCCCC3)CC2)c2ccccc2N1. The van der Waals surface area contributed by atoms with E-state index in [1.165, 1.54) is 44.2 Å². The van der Waals surface area contributed by atoms with Crippen LogP contribution >= 0.6 is 0 Å². The van der Waals surface area contributed by atoms with E-state index in [-0.39, 0.29) is 17.9 Å². The van der Waals surface area contributed by atoms with Crippen molar-refractivity contribution >= 4 is 23.2 Å². The molecule has 4 rings (SSSR count). The predicted molar refractivity (Wildman–Crippen MR) is 116 cm³/mol. The Balaban J connectivity index is 1.42. The van der Waals surface area contributed by atoms with Crippen LogP contribution in [0.25, 0.3) is 0 Å². The Morgan fingerprint density at radius 2 is 1.66 bits per heavy atom. The Hall–Kier alpha value is -2.13. The Labute approximate surface area is 186 Å². The highest BCUT2D eigenvalue weighted by molar-refractivity contribution is 6.05. The van der Waals surface area contributed by atoms with Gasteiger partial charge in [0.1, 0.15) is 6.04 Å². The van der Waals surface area contributed by atoms with E-state index in [0.717, 1.165) is 30.5 Å². The second kappa shape index (κ2) is 9.79. The average Bonchev–Trinajstić information content (AvgIpc) is 2.91. The number of hydrogen-bond donors (Lipinski definition) is 1. The molecule has 0 spiro atoms. The number of nitrogens with one attached hydrogen (secondary N) is 1. The quantitative estimate of drug-likeness (QED) is 0.760. The summed E-state index contributed by atoms with van der Waals surface area (Å²) in [4.78, 5) is 30.4. The van der Waals surface area contributed by atoms with Gasteiger partial charge < -0.3 is 10.2 Å². The minimum Gasteiger partial charge on any atom is -0.324 e. The molecule has 1 aromatic carbocycles. The van der Waals surface area contributed by atoms with Crippen LogP contribution < -0.4 is 10.2 Å². The minimum atomic E-state index is -4.71. The maximum absolute atomic E-state index is 13.9. The fourth-order valence-corrected chi connectivity index (χ4v) is 5.13. The van der Waals surface area contributed by atoms with Crippen LogP contribution in [0.3, 0.4) is 0 Å². The van der Waals surface area contributed by atoms with E-state index in [0.29, 0.717) is 13.1 Å². The summed E-state index contributed by atoms with van der Waals surface area (Å²) < 4.78 is 41.6. The van der Waals surface area contributed by atoms with Crippen molar-refractivity contribution in [2.24, 2.45) is 5.92 Å². The summed E-state index contributed by atoms with van der Waals surface area (Å²) in [6, 6.07) is 4.01. The maximum Gasteiger partial charge on any atom is 0.409 e. The number of para-hydroxylation sites is 2. The number of carbonyl (C=O) groups excluding carboxylic acids is 2. The standard InChI is InChI=1S/C23H31F3N4O2/c24-23(25,26)20-14-21(31)27-18-8-4-5-9-19(18)30(20)22(32)16-29-12-10-28(11-13-29)15-17-6-2-1-3-7-17/h4-5,8-9,17,20H,1-3,6-7,10-16H2,(H,27,31). The Bertz CT molecular complexity index is 818.